The molecule has 4 rings (SSSR count). The molecular formula is C34H30. The Balaban J connectivity index is 0.00000158. The minimum atomic E-state index is 0.951. The molecule has 0 aliphatic rings. The van der Waals surface area contributed by atoms with Gasteiger partial charge in [0, 0.05) is 22.3 Å². The van der Waals surface area contributed by atoms with E-state index in [1.807, 2.05) is 62.4 Å². The highest BCUT2D eigenvalue weighted by Gasteiger charge is 2.14. The SMILES string of the molecule is C=Cc1c(C=C)c(C#Cc2ccc(C)cc2)c2ccccc2c1C#Cc1ccc(C)cc1.CC. The highest BCUT2D eigenvalue weighted by atomic mass is 14.2. The molecule has 34 heavy (non-hydrogen) atoms. The summed E-state index contributed by atoms with van der Waals surface area (Å²) in [6.45, 7) is 16.3. The molecule has 0 heteroatoms. The molecule has 0 aliphatic heterocycles. The zero-order valence-corrected chi connectivity index (χ0v) is 20.5. The quantitative estimate of drug-likeness (QED) is 0.275. The van der Waals surface area contributed by atoms with Crippen molar-refractivity contribution in [2.75, 3.05) is 0 Å². The summed E-state index contributed by atoms with van der Waals surface area (Å²) in [4.78, 5) is 0. The van der Waals surface area contributed by atoms with E-state index in [1.54, 1.807) is 0 Å². The fourth-order valence-electron chi connectivity index (χ4n) is 3.72. The smallest absolute Gasteiger partial charge is 0.0406 e. The zero-order valence-electron chi connectivity index (χ0n) is 20.5. The molecule has 4 aromatic rings. The van der Waals surface area contributed by atoms with Crippen molar-refractivity contribution >= 4 is 22.9 Å². The lowest BCUT2D eigenvalue weighted by molar-refractivity contribution is 1.46. The van der Waals surface area contributed by atoms with Crippen molar-refractivity contribution in [3.63, 3.8) is 0 Å². The van der Waals surface area contributed by atoms with E-state index < -0.39 is 0 Å². The predicted octanol–water partition coefficient (Wildman–Crippen LogP) is 8.57. The normalized spacial score (nSPS) is 9.53. The molecule has 166 valence electrons. The van der Waals surface area contributed by atoms with Crippen LogP contribution in [0.5, 0.6) is 0 Å². The molecule has 0 heterocycles. The van der Waals surface area contributed by atoms with E-state index in [4.69, 9.17) is 0 Å². The lowest BCUT2D eigenvalue weighted by Crippen LogP contribution is -1.96. The summed E-state index contributed by atoms with van der Waals surface area (Å²) in [6.07, 6.45) is 3.72. The van der Waals surface area contributed by atoms with E-state index >= 15 is 0 Å². The van der Waals surface area contributed by atoms with Crippen LogP contribution in [0.2, 0.25) is 0 Å². The molecule has 0 aromatic heterocycles. The number of benzene rings is 4. The fraction of sp³-hybridized carbons (Fsp3) is 0.118. The molecule has 4 aromatic carbocycles. The van der Waals surface area contributed by atoms with Crippen LogP contribution in [0.1, 0.15) is 58.4 Å². The minimum absolute atomic E-state index is 0.951. The molecule has 0 amide bonds. The molecule has 0 nitrogen and oxygen atoms in total. The van der Waals surface area contributed by atoms with Gasteiger partial charge in [0.2, 0.25) is 0 Å². The van der Waals surface area contributed by atoms with Crippen molar-refractivity contribution in [2.45, 2.75) is 27.7 Å². The van der Waals surface area contributed by atoms with Gasteiger partial charge >= 0.3 is 0 Å². The number of rotatable bonds is 2. The molecule has 0 saturated heterocycles. The van der Waals surface area contributed by atoms with Gasteiger partial charge in [0.1, 0.15) is 0 Å². The molecule has 0 bridgehead atoms. The largest absolute Gasteiger partial charge is 0.0984 e. The third-order valence-electron chi connectivity index (χ3n) is 5.47. The van der Waals surface area contributed by atoms with Gasteiger partial charge < -0.3 is 0 Å². The van der Waals surface area contributed by atoms with Crippen LogP contribution in [0, 0.1) is 37.5 Å². The summed E-state index contributed by atoms with van der Waals surface area (Å²) in [5.41, 5.74) is 8.24. The summed E-state index contributed by atoms with van der Waals surface area (Å²) in [6, 6.07) is 24.8. The van der Waals surface area contributed by atoms with Gasteiger partial charge in [-0.3, -0.25) is 0 Å². The Bertz CT molecular complexity index is 1330. The highest BCUT2D eigenvalue weighted by molar-refractivity contribution is 5.99. The Morgan fingerprint density at radius 2 is 0.882 bits per heavy atom. The van der Waals surface area contributed by atoms with Crippen molar-refractivity contribution in [2.24, 2.45) is 0 Å². The van der Waals surface area contributed by atoms with Crippen molar-refractivity contribution < 1.29 is 0 Å². The Morgan fingerprint density at radius 3 is 1.21 bits per heavy atom. The van der Waals surface area contributed by atoms with Gasteiger partial charge in [-0.2, -0.15) is 0 Å². The monoisotopic (exact) mass is 438 g/mol. The van der Waals surface area contributed by atoms with Gasteiger partial charge in [0.25, 0.3) is 0 Å². The Labute approximate surface area is 204 Å². The van der Waals surface area contributed by atoms with Crippen LogP contribution in [-0.4, -0.2) is 0 Å². The van der Waals surface area contributed by atoms with E-state index in [2.05, 4.69) is 87.1 Å². The van der Waals surface area contributed by atoms with E-state index in [1.165, 1.54) is 11.1 Å². The lowest BCUT2D eigenvalue weighted by Gasteiger charge is -2.13. The van der Waals surface area contributed by atoms with Gasteiger partial charge in [-0.1, -0.05) is 122 Å². The van der Waals surface area contributed by atoms with Crippen LogP contribution in [-0.2, 0) is 0 Å². The van der Waals surface area contributed by atoms with Crippen LogP contribution in [0.25, 0.3) is 22.9 Å². The second-order valence-electron chi connectivity index (χ2n) is 7.76. The van der Waals surface area contributed by atoms with Crippen LogP contribution < -0.4 is 0 Å². The molecule has 0 radical (unpaired) electrons. The molecule has 0 saturated carbocycles. The van der Waals surface area contributed by atoms with E-state index in [0.717, 1.165) is 44.2 Å². The van der Waals surface area contributed by atoms with Crippen molar-refractivity contribution in [1.82, 2.24) is 0 Å². The molecule has 0 unspecified atom stereocenters. The van der Waals surface area contributed by atoms with Gasteiger partial charge in [-0.05, 0) is 60.0 Å². The second kappa shape index (κ2) is 11.6. The Hall–Kier alpha value is -4.26. The van der Waals surface area contributed by atoms with Crippen LogP contribution in [0.15, 0.2) is 86.0 Å². The standard InChI is InChI=1S/C32H24.C2H6/c1-5-27-28(6-2)32(22-20-26-17-13-24(4)14-18-26)30-10-8-7-9-29(30)31(27)21-19-25-15-11-23(3)12-16-25;1-2/h5-18H,1-2H2,3-4H3;1-2H3. The van der Waals surface area contributed by atoms with Gasteiger partial charge in [-0.25, -0.2) is 0 Å². The summed E-state index contributed by atoms with van der Waals surface area (Å²) in [5.74, 6) is 13.5. The molecule has 0 atom stereocenters. The second-order valence-corrected chi connectivity index (χ2v) is 7.76. The molecule has 0 N–H and O–H groups in total. The van der Waals surface area contributed by atoms with Crippen LogP contribution >= 0.6 is 0 Å². The number of fused-ring (bicyclic) bond motifs is 1. The van der Waals surface area contributed by atoms with Crippen LogP contribution in [0.3, 0.4) is 0 Å². The first kappa shape index (κ1) is 24.4. The van der Waals surface area contributed by atoms with Crippen molar-refractivity contribution in [1.29, 1.82) is 0 Å². The topological polar surface area (TPSA) is 0 Å². The third-order valence-corrected chi connectivity index (χ3v) is 5.47. The average Bonchev–Trinajstić information content (AvgIpc) is 2.88. The zero-order chi connectivity index (χ0) is 24.5. The summed E-state index contributed by atoms with van der Waals surface area (Å²) in [5, 5.41) is 2.14. The van der Waals surface area contributed by atoms with Crippen molar-refractivity contribution in [3.05, 3.63) is 130 Å². The number of hydrogen-bond acceptors (Lipinski definition) is 0. The number of hydrogen-bond donors (Lipinski definition) is 0. The van der Waals surface area contributed by atoms with E-state index in [0.29, 0.717) is 0 Å². The van der Waals surface area contributed by atoms with Gasteiger partial charge in [0.15, 0.2) is 0 Å². The molecule has 0 fully saturated rings. The predicted molar refractivity (Wildman–Crippen MR) is 150 cm³/mol. The Morgan fingerprint density at radius 1 is 0.529 bits per heavy atom. The first-order valence-electron chi connectivity index (χ1n) is 11.6. The average molecular weight is 439 g/mol. The first-order valence-corrected chi connectivity index (χ1v) is 11.6. The number of aryl methyl sites for hydroxylation is 2. The summed E-state index contributed by atoms with van der Waals surface area (Å²) < 4.78 is 0. The van der Waals surface area contributed by atoms with Gasteiger partial charge in [-0.15, -0.1) is 0 Å². The Kier molecular flexibility index (Phi) is 8.29. The lowest BCUT2D eigenvalue weighted by atomic mass is 9.89. The summed E-state index contributed by atoms with van der Waals surface area (Å²) >= 11 is 0. The fourth-order valence-corrected chi connectivity index (χ4v) is 3.72. The van der Waals surface area contributed by atoms with Crippen molar-refractivity contribution in [3.8, 4) is 23.7 Å². The third kappa shape index (κ3) is 5.38. The van der Waals surface area contributed by atoms with Crippen LogP contribution in [0.4, 0.5) is 0 Å². The van der Waals surface area contributed by atoms with E-state index in [9.17, 15) is 0 Å². The highest BCUT2D eigenvalue weighted by Crippen LogP contribution is 2.32. The summed E-state index contributed by atoms with van der Waals surface area (Å²) in [7, 11) is 0. The maximum absolute atomic E-state index is 4.08. The molecular weight excluding hydrogens is 408 g/mol. The van der Waals surface area contributed by atoms with Gasteiger partial charge in [0.05, 0.1) is 0 Å². The first-order chi connectivity index (χ1) is 16.6. The maximum atomic E-state index is 4.08. The maximum Gasteiger partial charge on any atom is 0.0406 e. The van der Waals surface area contributed by atoms with E-state index in [-0.39, 0.29) is 0 Å². The molecule has 0 aliphatic carbocycles. The minimum Gasteiger partial charge on any atom is -0.0984 e. The molecule has 0 spiro atoms.